The minimum atomic E-state index is -0.944. The van der Waals surface area contributed by atoms with Gasteiger partial charge in [0.1, 0.15) is 0 Å². The molecule has 0 bridgehead atoms. The summed E-state index contributed by atoms with van der Waals surface area (Å²) in [6.07, 6.45) is 0.742. The molecule has 0 saturated heterocycles. The van der Waals surface area contributed by atoms with Gasteiger partial charge in [0.25, 0.3) is 0 Å². The van der Waals surface area contributed by atoms with Crippen molar-refractivity contribution in [3.8, 4) is 39.5 Å². The first-order chi connectivity index (χ1) is 18.9. The van der Waals surface area contributed by atoms with Crippen molar-refractivity contribution in [3.63, 3.8) is 0 Å². The van der Waals surface area contributed by atoms with Gasteiger partial charge in [0, 0.05) is 60.2 Å². The van der Waals surface area contributed by atoms with Crippen LogP contribution in [0.15, 0.2) is 60.8 Å². The maximum atomic E-state index is 11.4. The van der Waals surface area contributed by atoms with E-state index in [1.165, 1.54) is 4.90 Å². The molecule has 0 spiro atoms. The van der Waals surface area contributed by atoms with Crippen LogP contribution in [0.2, 0.25) is 10.0 Å². The number of carbonyl (C=O) groups is 1. The van der Waals surface area contributed by atoms with Gasteiger partial charge in [-0.3, -0.25) is 9.88 Å². The molecule has 200 valence electrons. The zero-order valence-electron chi connectivity index (χ0n) is 21.1. The number of methoxy groups -OCH3 is 1. The summed E-state index contributed by atoms with van der Waals surface area (Å²) < 4.78 is 5.51. The molecule has 10 heteroatoms. The maximum Gasteiger partial charge on any atom is 0.407 e. The first-order valence-corrected chi connectivity index (χ1v) is 13.1. The highest BCUT2D eigenvalue weighted by Crippen LogP contribution is 2.42. The van der Waals surface area contributed by atoms with Crippen molar-refractivity contribution in [2.75, 3.05) is 20.3 Å². The standard InChI is InChI=1S/C29H26Cl2N4O4/c1-39-28-18(14-32-11-12-36)7-8-24(34-28)23-4-2-3-21(25(23)30)22-9-10-33-27(26(22)31)17-5-6-19-15-35(29(37)38)16-20(19)13-17/h2-10,13,32,36H,11-12,14-16H2,1H3,(H,37,38). The lowest BCUT2D eigenvalue weighted by atomic mass is 9.98. The number of rotatable bonds is 8. The Morgan fingerprint density at radius 2 is 1.79 bits per heavy atom. The van der Waals surface area contributed by atoms with E-state index in [-0.39, 0.29) is 6.61 Å². The molecule has 1 aliphatic rings. The van der Waals surface area contributed by atoms with Crippen molar-refractivity contribution in [1.29, 1.82) is 0 Å². The Bertz CT molecular complexity index is 1550. The van der Waals surface area contributed by atoms with E-state index in [2.05, 4.69) is 15.3 Å². The molecule has 0 aliphatic carbocycles. The summed E-state index contributed by atoms with van der Waals surface area (Å²) in [7, 11) is 1.57. The van der Waals surface area contributed by atoms with Crippen molar-refractivity contribution in [3.05, 3.63) is 87.5 Å². The fraction of sp³-hybridized carbons (Fsp3) is 0.207. The van der Waals surface area contributed by atoms with Gasteiger partial charge >= 0.3 is 6.09 Å². The number of hydrogen-bond donors (Lipinski definition) is 3. The zero-order chi connectivity index (χ0) is 27.5. The van der Waals surface area contributed by atoms with Gasteiger partial charge in [0.15, 0.2) is 0 Å². The zero-order valence-corrected chi connectivity index (χ0v) is 22.6. The van der Waals surface area contributed by atoms with Gasteiger partial charge < -0.3 is 20.3 Å². The quantitative estimate of drug-likeness (QED) is 0.230. The van der Waals surface area contributed by atoms with Crippen molar-refractivity contribution >= 4 is 29.3 Å². The Balaban J connectivity index is 1.49. The minimum Gasteiger partial charge on any atom is -0.481 e. The second-order valence-electron chi connectivity index (χ2n) is 9.08. The predicted molar refractivity (Wildman–Crippen MR) is 151 cm³/mol. The highest BCUT2D eigenvalue weighted by molar-refractivity contribution is 6.39. The molecule has 0 saturated carbocycles. The first kappa shape index (κ1) is 26.9. The van der Waals surface area contributed by atoms with Gasteiger partial charge in [-0.25, -0.2) is 9.78 Å². The third-order valence-corrected chi connectivity index (χ3v) is 7.45. The van der Waals surface area contributed by atoms with Gasteiger partial charge in [0.2, 0.25) is 5.88 Å². The third-order valence-electron chi connectivity index (χ3n) is 6.66. The predicted octanol–water partition coefficient (Wildman–Crippen LogP) is 5.87. The molecule has 2 aromatic carbocycles. The summed E-state index contributed by atoms with van der Waals surface area (Å²) >= 11 is 13.9. The smallest absolute Gasteiger partial charge is 0.407 e. The molecule has 3 N–H and O–H groups in total. The lowest BCUT2D eigenvalue weighted by Crippen LogP contribution is -2.22. The summed E-state index contributed by atoms with van der Waals surface area (Å²) in [6, 6.07) is 17.1. The van der Waals surface area contributed by atoms with Crippen LogP contribution in [0.1, 0.15) is 16.7 Å². The van der Waals surface area contributed by atoms with Crippen LogP contribution in [-0.4, -0.2) is 51.4 Å². The summed E-state index contributed by atoms with van der Waals surface area (Å²) in [5, 5.41) is 22.4. The normalized spacial score (nSPS) is 12.5. The third kappa shape index (κ3) is 5.42. The maximum absolute atomic E-state index is 11.4. The van der Waals surface area contributed by atoms with E-state index in [0.29, 0.717) is 53.5 Å². The second kappa shape index (κ2) is 11.6. The van der Waals surface area contributed by atoms with Gasteiger partial charge in [-0.05, 0) is 29.3 Å². The number of aliphatic hydroxyl groups excluding tert-OH is 1. The molecule has 39 heavy (non-hydrogen) atoms. The number of amides is 1. The Morgan fingerprint density at radius 1 is 1.03 bits per heavy atom. The molecule has 2 aromatic heterocycles. The van der Waals surface area contributed by atoms with Gasteiger partial charge in [-0.2, -0.15) is 0 Å². The summed E-state index contributed by atoms with van der Waals surface area (Å²) in [4.78, 5) is 22.0. The molecule has 5 rings (SSSR count). The number of aliphatic hydroxyl groups is 1. The van der Waals surface area contributed by atoms with Crippen LogP contribution in [-0.2, 0) is 19.6 Å². The molecule has 0 radical (unpaired) electrons. The largest absolute Gasteiger partial charge is 0.481 e. The number of nitrogens with one attached hydrogen (secondary N) is 1. The average molecular weight is 565 g/mol. The molecule has 0 fully saturated rings. The topological polar surface area (TPSA) is 108 Å². The Morgan fingerprint density at radius 3 is 2.56 bits per heavy atom. The average Bonchev–Trinajstić information content (AvgIpc) is 3.38. The number of carboxylic acid groups (broad SMARTS) is 1. The fourth-order valence-corrected chi connectivity index (χ4v) is 5.35. The number of ether oxygens (including phenoxy) is 1. The van der Waals surface area contributed by atoms with E-state index in [4.69, 9.17) is 33.0 Å². The number of aromatic nitrogens is 2. The minimum absolute atomic E-state index is 0.0469. The van der Waals surface area contributed by atoms with E-state index in [1.807, 2.05) is 54.6 Å². The highest BCUT2D eigenvalue weighted by Gasteiger charge is 2.24. The molecular weight excluding hydrogens is 539 g/mol. The van der Waals surface area contributed by atoms with E-state index in [0.717, 1.165) is 38.9 Å². The Hall–Kier alpha value is -3.69. The van der Waals surface area contributed by atoms with Crippen LogP contribution >= 0.6 is 23.2 Å². The van der Waals surface area contributed by atoms with Crippen molar-refractivity contribution in [1.82, 2.24) is 20.2 Å². The summed E-state index contributed by atoms with van der Waals surface area (Å²) in [5.41, 5.74) is 7.00. The van der Waals surface area contributed by atoms with Crippen molar-refractivity contribution in [2.45, 2.75) is 19.6 Å². The second-order valence-corrected chi connectivity index (χ2v) is 9.83. The summed E-state index contributed by atoms with van der Waals surface area (Å²) in [5.74, 6) is 0.474. The van der Waals surface area contributed by atoms with Gasteiger partial charge in [-0.15, -0.1) is 0 Å². The molecule has 0 unspecified atom stereocenters. The number of pyridine rings is 2. The monoisotopic (exact) mass is 564 g/mol. The number of nitrogens with zero attached hydrogens (tertiary/aromatic N) is 3. The van der Waals surface area contributed by atoms with E-state index in [9.17, 15) is 9.90 Å². The van der Waals surface area contributed by atoms with Gasteiger partial charge in [0.05, 0.1) is 35.1 Å². The Labute approximate surface area is 235 Å². The van der Waals surface area contributed by atoms with Crippen LogP contribution in [0.5, 0.6) is 5.88 Å². The van der Waals surface area contributed by atoms with Crippen molar-refractivity contribution < 1.29 is 19.7 Å². The molecular formula is C29H26Cl2N4O4. The van der Waals surface area contributed by atoms with E-state index >= 15 is 0 Å². The molecule has 1 amide bonds. The SMILES string of the molecule is COc1nc(-c2cccc(-c3ccnc(-c4ccc5c(c4)CN(C(=O)O)C5)c3Cl)c2Cl)ccc1CNCCO. The highest BCUT2D eigenvalue weighted by atomic mass is 35.5. The van der Waals surface area contributed by atoms with Crippen molar-refractivity contribution in [2.24, 2.45) is 0 Å². The lowest BCUT2D eigenvalue weighted by molar-refractivity contribution is 0.145. The molecule has 4 aromatic rings. The van der Waals surface area contributed by atoms with Gasteiger partial charge in [-0.1, -0.05) is 59.6 Å². The van der Waals surface area contributed by atoms with E-state index < -0.39 is 6.09 Å². The lowest BCUT2D eigenvalue weighted by Gasteiger charge is -2.15. The van der Waals surface area contributed by atoms with Crippen LogP contribution < -0.4 is 10.1 Å². The summed E-state index contributed by atoms with van der Waals surface area (Å²) in [6.45, 7) is 1.73. The van der Waals surface area contributed by atoms with E-state index in [1.54, 1.807) is 13.3 Å². The van der Waals surface area contributed by atoms with Crippen LogP contribution in [0, 0.1) is 0 Å². The van der Waals surface area contributed by atoms with Crippen LogP contribution in [0.3, 0.4) is 0 Å². The van der Waals surface area contributed by atoms with Crippen LogP contribution in [0.4, 0.5) is 4.79 Å². The first-order valence-electron chi connectivity index (χ1n) is 12.3. The number of benzene rings is 2. The number of halogens is 2. The molecule has 1 aliphatic heterocycles. The molecule has 3 heterocycles. The number of fused-ring (bicyclic) bond motifs is 1. The molecule has 0 atom stereocenters. The number of hydrogen-bond acceptors (Lipinski definition) is 6. The fourth-order valence-electron chi connectivity index (χ4n) is 4.70. The Kier molecular flexibility index (Phi) is 7.99. The molecule has 8 nitrogen and oxygen atoms in total. The van der Waals surface area contributed by atoms with Crippen LogP contribution in [0.25, 0.3) is 33.6 Å².